The summed E-state index contributed by atoms with van der Waals surface area (Å²) in [6, 6.07) is 19.0. The summed E-state index contributed by atoms with van der Waals surface area (Å²) in [5.41, 5.74) is 2.00. The number of anilines is 2. The molecule has 2 aromatic carbocycles. The van der Waals surface area contributed by atoms with E-state index < -0.39 is 0 Å². The summed E-state index contributed by atoms with van der Waals surface area (Å²) in [7, 11) is 3.26. The number of ether oxygens (including phenoxy) is 2. The first-order valence-electron chi connectivity index (χ1n) is 9.95. The molecule has 0 amide bonds. The highest BCUT2D eigenvalue weighted by Crippen LogP contribution is 2.19. The van der Waals surface area contributed by atoms with E-state index in [0.717, 1.165) is 22.6 Å². The fraction of sp³-hybridized carbons (Fsp3) is 0.174. The maximum Gasteiger partial charge on any atom is 0.291 e. The zero-order valence-electron chi connectivity index (χ0n) is 17.7. The van der Waals surface area contributed by atoms with Crippen LogP contribution in [0.3, 0.4) is 0 Å². The van der Waals surface area contributed by atoms with Crippen LogP contribution in [0.2, 0.25) is 0 Å². The highest BCUT2D eigenvalue weighted by Gasteiger charge is 2.18. The van der Waals surface area contributed by atoms with Crippen LogP contribution in [0.4, 0.5) is 11.9 Å². The second kappa shape index (κ2) is 9.97. The summed E-state index contributed by atoms with van der Waals surface area (Å²) in [5.74, 6) is 2.01. The Morgan fingerprint density at radius 1 is 0.938 bits per heavy atom. The molecule has 0 radical (unpaired) electrons. The SMILES string of the molecule is COc1cccc(CNc2nc(NCc3cccc(OC)c3)n(C(=O)c3cccs3)n2)c1. The maximum atomic E-state index is 13.0. The van der Waals surface area contributed by atoms with E-state index in [0.29, 0.717) is 29.9 Å². The topological polar surface area (TPSA) is 90.3 Å². The summed E-state index contributed by atoms with van der Waals surface area (Å²) in [6.45, 7) is 0.951. The summed E-state index contributed by atoms with van der Waals surface area (Å²) in [4.78, 5) is 18.1. The Bertz CT molecular complexity index is 1190. The number of nitrogens with zero attached hydrogens (tertiary/aromatic N) is 3. The number of thiophene rings is 1. The van der Waals surface area contributed by atoms with Gasteiger partial charge in [-0.3, -0.25) is 4.79 Å². The molecule has 4 rings (SSSR count). The van der Waals surface area contributed by atoms with Crippen molar-refractivity contribution in [2.24, 2.45) is 0 Å². The van der Waals surface area contributed by atoms with Gasteiger partial charge >= 0.3 is 0 Å². The molecule has 0 saturated carbocycles. The Morgan fingerprint density at radius 3 is 2.19 bits per heavy atom. The van der Waals surface area contributed by atoms with Gasteiger partial charge in [0.05, 0.1) is 19.1 Å². The number of methoxy groups -OCH3 is 2. The molecule has 0 atom stereocenters. The lowest BCUT2D eigenvalue weighted by Crippen LogP contribution is -2.16. The third-order valence-corrected chi connectivity index (χ3v) is 5.56. The summed E-state index contributed by atoms with van der Waals surface area (Å²) < 4.78 is 11.8. The number of hydrogen-bond acceptors (Lipinski definition) is 8. The van der Waals surface area contributed by atoms with Gasteiger partial charge < -0.3 is 20.1 Å². The molecule has 2 aromatic heterocycles. The summed E-state index contributed by atoms with van der Waals surface area (Å²) in [6.07, 6.45) is 0. The molecule has 4 aromatic rings. The van der Waals surface area contributed by atoms with Crippen molar-refractivity contribution in [1.82, 2.24) is 14.8 Å². The van der Waals surface area contributed by atoms with Crippen molar-refractivity contribution < 1.29 is 14.3 Å². The van der Waals surface area contributed by atoms with E-state index in [2.05, 4.69) is 20.7 Å². The average Bonchev–Trinajstić information content (AvgIpc) is 3.52. The van der Waals surface area contributed by atoms with Gasteiger partial charge in [-0.15, -0.1) is 16.4 Å². The van der Waals surface area contributed by atoms with Gasteiger partial charge in [-0.05, 0) is 46.8 Å². The van der Waals surface area contributed by atoms with Gasteiger partial charge in [0.15, 0.2) is 0 Å². The highest BCUT2D eigenvalue weighted by molar-refractivity contribution is 7.12. The van der Waals surface area contributed by atoms with Crippen molar-refractivity contribution >= 4 is 29.1 Å². The number of rotatable bonds is 9. The van der Waals surface area contributed by atoms with E-state index in [9.17, 15) is 4.79 Å². The Morgan fingerprint density at radius 2 is 1.59 bits per heavy atom. The largest absolute Gasteiger partial charge is 0.497 e. The van der Waals surface area contributed by atoms with E-state index >= 15 is 0 Å². The third kappa shape index (κ3) is 5.06. The second-order valence-electron chi connectivity index (χ2n) is 6.86. The zero-order chi connectivity index (χ0) is 22.3. The summed E-state index contributed by atoms with van der Waals surface area (Å²) in [5, 5.41) is 12.7. The van der Waals surface area contributed by atoms with Crippen LogP contribution in [0.1, 0.15) is 20.8 Å². The van der Waals surface area contributed by atoms with Gasteiger partial charge in [-0.2, -0.15) is 9.67 Å². The lowest BCUT2D eigenvalue weighted by Gasteiger charge is -2.07. The van der Waals surface area contributed by atoms with E-state index in [-0.39, 0.29) is 5.91 Å². The van der Waals surface area contributed by atoms with Crippen LogP contribution in [0, 0.1) is 0 Å². The van der Waals surface area contributed by atoms with Crippen LogP contribution in [-0.4, -0.2) is 34.9 Å². The molecule has 32 heavy (non-hydrogen) atoms. The zero-order valence-corrected chi connectivity index (χ0v) is 18.6. The standard InChI is InChI=1S/C23H23N5O3S/c1-30-18-8-3-6-16(12-18)14-24-22-26-23(25-15-17-7-4-9-19(13-17)31-2)28(27-22)21(29)20-10-5-11-32-20/h3-13H,14-15H2,1-2H3,(H2,24,25,26,27). The molecule has 9 heteroatoms. The van der Waals surface area contributed by atoms with E-state index in [1.807, 2.05) is 60.0 Å². The van der Waals surface area contributed by atoms with Crippen molar-refractivity contribution in [3.8, 4) is 11.5 Å². The molecule has 0 aliphatic rings. The molecule has 164 valence electrons. The van der Waals surface area contributed by atoms with E-state index in [4.69, 9.17) is 9.47 Å². The Hall–Kier alpha value is -3.85. The first kappa shape index (κ1) is 21.4. The van der Waals surface area contributed by atoms with E-state index in [1.54, 1.807) is 20.3 Å². The average molecular weight is 450 g/mol. The van der Waals surface area contributed by atoms with Crippen molar-refractivity contribution in [3.63, 3.8) is 0 Å². The first-order valence-corrected chi connectivity index (χ1v) is 10.8. The van der Waals surface area contributed by atoms with Crippen molar-refractivity contribution in [1.29, 1.82) is 0 Å². The van der Waals surface area contributed by atoms with Crippen LogP contribution in [0.25, 0.3) is 0 Å². The lowest BCUT2D eigenvalue weighted by atomic mass is 10.2. The Kier molecular flexibility index (Phi) is 6.66. The van der Waals surface area contributed by atoms with Crippen molar-refractivity contribution in [2.75, 3.05) is 24.9 Å². The fourth-order valence-electron chi connectivity index (χ4n) is 3.07. The number of nitrogens with one attached hydrogen (secondary N) is 2. The molecule has 0 aliphatic carbocycles. The van der Waals surface area contributed by atoms with Gasteiger partial charge in [0.25, 0.3) is 5.91 Å². The number of carbonyl (C=O) groups excluding carboxylic acids is 1. The van der Waals surface area contributed by atoms with Gasteiger partial charge in [-0.25, -0.2) is 0 Å². The fourth-order valence-corrected chi connectivity index (χ4v) is 3.72. The summed E-state index contributed by atoms with van der Waals surface area (Å²) >= 11 is 1.36. The molecule has 0 spiro atoms. The highest BCUT2D eigenvalue weighted by atomic mass is 32.1. The molecule has 0 unspecified atom stereocenters. The number of hydrogen-bond donors (Lipinski definition) is 2. The molecule has 2 heterocycles. The molecule has 0 fully saturated rings. The second-order valence-corrected chi connectivity index (χ2v) is 7.81. The van der Waals surface area contributed by atoms with Crippen molar-refractivity contribution in [2.45, 2.75) is 13.1 Å². The minimum absolute atomic E-state index is 0.241. The molecular formula is C23H23N5O3S. The monoisotopic (exact) mass is 449 g/mol. The quantitative estimate of drug-likeness (QED) is 0.394. The molecular weight excluding hydrogens is 426 g/mol. The van der Waals surface area contributed by atoms with Gasteiger partial charge in [0, 0.05) is 13.1 Å². The van der Waals surface area contributed by atoms with Crippen LogP contribution >= 0.6 is 11.3 Å². The number of carbonyl (C=O) groups is 1. The molecule has 2 N–H and O–H groups in total. The number of benzene rings is 2. The smallest absolute Gasteiger partial charge is 0.291 e. The molecule has 0 bridgehead atoms. The maximum absolute atomic E-state index is 13.0. The van der Waals surface area contributed by atoms with Crippen LogP contribution in [0.15, 0.2) is 66.0 Å². The lowest BCUT2D eigenvalue weighted by molar-refractivity contribution is 0.0951. The van der Waals surface area contributed by atoms with Crippen molar-refractivity contribution in [3.05, 3.63) is 82.0 Å². The van der Waals surface area contributed by atoms with Crippen LogP contribution in [-0.2, 0) is 13.1 Å². The van der Waals surface area contributed by atoms with Crippen LogP contribution in [0.5, 0.6) is 11.5 Å². The van der Waals surface area contributed by atoms with Gasteiger partial charge in [-0.1, -0.05) is 30.3 Å². The minimum Gasteiger partial charge on any atom is -0.497 e. The Labute approximate surface area is 189 Å². The third-order valence-electron chi connectivity index (χ3n) is 4.70. The molecule has 0 saturated heterocycles. The molecule has 0 aliphatic heterocycles. The van der Waals surface area contributed by atoms with E-state index in [1.165, 1.54) is 16.0 Å². The van der Waals surface area contributed by atoms with Crippen LogP contribution < -0.4 is 20.1 Å². The van der Waals surface area contributed by atoms with Gasteiger partial charge in [0.1, 0.15) is 11.5 Å². The minimum atomic E-state index is -0.241. The normalized spacial score (nSPS) is 10.6. The predicted molar refractivity (Wildman–Crippen MR) is 125 cm³/mol. The molecule has 8 nitrogen and oxygen atoms in total. The first-order chi connectivity index (χ1) is 15.7. The van der Waals surface area contributed by atoms with Gasteiger partial charge in [0.2, 0.25) is 11.9 Å². The predicted octanol–water partition coefficient (Wildman–Crippen LogP) is 4.27. The number of aromatic nitrogens is 3. The Balaban J connectivity index is 1.54.